The first-order valence-corrected chi connectivity index (χ1v) is 11.7. The lowest BCUT2D eigenvalue weighted by atomic mass is 10.00. The average Bonchev–Trinajstić information content (AvgIpc) is 3.62. The highest BCUT2D eigenvalue weighted by Gasteiger charge is 2.45. The van der Waals surface area contributed by atoms with Gasteiger partial charge in [0.05, 0.1) is 18.1 Å². The number of rotatable bonds is 7. The molecule has 0 spiro atoms. The maximum atomic E-state index is 14.8. The minimum Gasteiger partial charge on any atom is -0.364 e. The largest absolute Gasteiger partial charge is 0.364 e. The fraction of sp³-hybridized carbons (Fsp3) is 0.400. The first-order chi connectivity index (χ1) is 17.2. The van der Waals surface area contributed by atoms with E-state index in [1.54, 1.807) is 35.0 Å². The molecule has 1 saturated carbocycles. The number of carbonyl (C=O) groups is 2. The number of hydrogen-bond acceptors (Lipinski definition) is 7. The number of aromatic nitrogens is 4. The molecular formula is C25H30F2N8O2. The van der Waals surface area contributed by atoms with Gasteiger partial charge in [-0.1, -0.05) is 19.6 Å². The Morgan fingerprint density at radius 1 is 1.16 bits per heavy atom. The van der Waals surface area contributed by atoms with Crippen molar-refractivity contribution in [1.82, 2.24) is 25.1 Å². The van der Waals surface area contributed by atoms with Crippen molar-refractivity contribution in [3.05, 3.63) is 59.7 Å². The van der Waals surface area contributed by atoms with E-state index in [9.17, 15) is 18.4 Å². The van der Waals surface area contributed by atoms with Gasteiger partial charge in [0, 0.05) is 38.3 Å². The Labute approximate surface area is 213 Å². The maximum Gasteiger partial charge on any atom is 0.271 e. The third kappa shape index (κ3) is 5.68. The van der Waals surface area contributed by atoms with E-state index >= 15 is 0 Å². The summed E-state index contributed by atoms with van der Waals surface area (Å²) in [6, 6.07) is 5.67. The molecule has 3 heterocycles. The van der Waals surface area contributed by atoms with Crippen molar-refractivity contribution >= 4 is 29.1 Å². The SMILES string of the molecule is C.Cn1cc(Nc2nc(N3CCC(F)(F)C(NC(=O)c4ccc(C5CC5)cc4)C3)cnc2C(N)=O)cn1. The Balaban J connectivity index is 0.00000320. The van der Waals surface area contributed by atoms with Gasteiger partial charge in [-0.05, 0) is 36.5 Å². The van der Waals surface area contributed by atoms with Gasteiger partial charge in [0.1, 0.15) is 11.9 Å². The van der Waals surface area contributed by atoms with E-state index in [0.29, 0.717) is 17.2 Å². The summed E-state index contributed by atoms with van der Waals surface area (Å²) in [6.45, 7) is -0.192. The minimum absolute atomic E-state index is 0. The Hall–Kier alpha value is -4.09. The molecule has 10 nitrogen and oxygen atoms in total. The number of amides is 2. The van der Waals surface area contributed by atoms with Crippen molar-refractivity contribution in [1.29, 1.82) is 0 Å². The van der Waals surface area contributed by atoms with Gasteiger partial charge < -0.3 is 21.3 Å². The number of piperidine rings is 1. The van der Waals surface area contributed by atoms with Crippen molar-refractivity contribution in [2.24, 2.45) is 12.8 Å². The van der Waals surface area contributed by atoms with Crippen LogP contribution in [0, 0.1) is 0 Å². The lowest BCUT2D eigenvalue weighted by Gasteiger charge is -2.39. The second-order valence-corrected chi connectivity index (χ2v) is 9.20. The van der Waals surface area contributed by atoms with E-state index in [-0.39, 0.29) is 37.8 Å². The smallest absolute Gasteiger partial charge is 0.271 e. The van der Waals surface area contributed by atoms with Crippen LogP contribution in [0.5, 0.6) is 0 Å². The molecule has 0 radical (unpaired) electrons. The van der Waals surface area contributed by atoms with Gasteiger partial charge in [-0.2, -0.15) is 5.10 Å². The minimum atomic E-state index is -3.10. The van der Waals surface area contributed by atoms with Crippen LogP contribution in [0.3, 0.4) is 0 Å². The first kappa shape index (κ1) is 26.0. The molecule has 3 aromatic rings. The number of carbonyl (C=O) groups excluding carboxylic acids is 2. The van der Waals surface area contributed by atoms with Crippen molar-refractivity contribution in [3.63, 3.8) is 0 Å². The Bertz CT molecular complexity index is 1290. The summed E-state index contributed by atoms with van der Waals surface area (Å²) in [5.74, 6) is -3.55. The van der Waals surface area contributed by atoms with Crippen molar-refractivity contribution < 1.29 is 18.4 Å². The molecule has 4 N–H and O–H groups in total. The molecule has 1 atom stereocenters. The van der Waals surface area contributed by atoms with Crippen LogP contribution in [0.4, 0.5) is 26.1 Å². The van der Waals surface area contributed by atoms with Gasteiger partial charge in [0.15, 0.2) is 11.5 Å². The van der Waals surface area contributed by atoms with Crippen molar-refractivity contribution in [2.75, 3.05) is 23.3 Å². The van der Waals surface area contributed by atoms with Gasteiger partial charge in [-0.3, -0.25) is 14.3 Å². The molecule has 12 heteroatoms. The van der Waals surface area contributed by atoms with E-state index in [1.807, 2.05) is 12.1 Å². The number of primary amides is 1. The van der Waals surface area contributed by atoms with Gasteiger partial charge in [0.25, 0.3) is 17.7 Å². The first-order valence-electron chi connectivity index (χ1n) is 11.7. The molecule has 1 aromatic carbocycles. The number of anilines is 3. The van der Waals surface area contributed by atoms with Gasteiger partial charge in [0.2, 0.25) is 0 Å². The fourth-order valence-corrected chi connectivity index (χ4v) is 4.25. The fourth-order valence-electron chi connectivity index (χ4n) is 4.25. The highest BCUT2D eigenvalue weighted by Crippen LogP contribution is 2.40. The summed E-state index contributed by atoms with van der Waals surface area (Å²) >= 11 is 0. The molecule has 5 rings (SSSR count). The number of nitrogens with one attached hydrogen (secondary N) is 2. The molecule has 37 heavy (non-hydrogen) atoms. The predicted octanol–water partition coefficient (Wildman–Crippen LogP) is 3.21. The summed E-state index contributed by atoms with van der Waals surface area (Å²) in [5.41, 5.74) is 7.39. The van der Waals surface area contributed by atoms with Crippen LogP contribution < -0.4 is 21.3 Å². The molecule has 2 aliphatic rings. The predicted molar refractivity (Wildman–Crippen MR) is 135 cm³/mol. The lowest BCUT2D eigenvalue weighted by molar-refractivity contribution is -0.0489. The zero-order valence-corrected chi connectivity index (χ0v) is 19.6. The molecule has 2 amide bonds. The number of aryl methyl sites for hydroxylation is 1. The zero-order valence-electron chi connectivity index (χ0n) is 19.6. The third-order valence-electron chi connectivity index (χ3n) is 6.44. The Kier molecular flexibility index (Phi) is 7.10. The Morgan fingerprint density at radius 2 is 1.89 bits per heavy atom. The second-order valence-electron chi connectivity index (χ2n) is 9.20. The van der Waals surface area contributed by atoms with E-state index in [0.717, 1.165) is 18.4 Å². The number of halogens is 2. The Morgan fingerprint density at radius 3 is 2.51 bits per heavy atom. The molecule has 1 aliphatic heterocycles. The molecular weight excluding hydrogens is 482 g/mol. The summed E-state index contributed by atoms with van der Waals surface area (Å²) in [6.07, 6.45) is 6.31. The summed E-state index contributed by atoms with van der Waals surface area (Å²) < 4.78 is 31.1. The zero-order chi connectivity index (χ0) is 25.4. The number of nitrogens with two attached hydrogens (primary N) is 1. The number of hydrogen-bond donors (Lipinski definition) is 3. The summed E-state index contributed by atoms with van der Waals surface area (Å²) in [7, 11) is 1.73. The second kappa shape index (κ2) is 10.1. The molecule has 2 aromatic heterocycles. The lowest BCUT2D eigenvalue weighted by Crippen LogP contribution is -2.59. The van der Waals surface area contributed by atoms with E-state index in [2.05, 4.69) is 25.7 Å². The molecule has 196 valence electrons. The quantitative estimate of drug-likeness (QED) is 0.443. The molecule has 1 aliphatic carbocycles. The number of alkyl halides is 2. The molecule has 2 fully saturated rings. The monoisotopic (exact) mass is 512 g/mol. The summed E-state index contributed by atoms with van der Waals surface area (Å²) in [4.78, 5) is 34.8. The number of benzene rings is 1. The van der Waals surface area contributed by atoms with E-state index in [4.69, 9.17) is 5.73 Å². The molecule has 1 unspecified atom stereocenters. The standard InChI is InChI=1S/C24H26F2N8O2.CH4/c1-33-12-17(10-29-33)30-22-20(21(27)35)28-11-19(32-22)34-9-8-24(25,26)18(13-34)31-23(36)16-6-4-15(5-7-16)14-2-3-14;/h4-7,10-12,14,18H,2-3,8-9,13H2,1H3,(H2,27,35)(H,30,32)(H,31,36);1H4. The van der Waals surface area contributed by atoms with Crippen LogP contribution in [0.25, 0.3) is 0 Å². The number of nitrogens with zero attached hydrogens (tertiary/aromatic N) is 5. The normalized spacial score (nSPS) is 18.6. The van der Waals surface area contributed by atoms with E-state index in [1.165, 1.54) is 12.4 Å². The van der Waals surface area contributed by atoms with Crippen molar-refractivity contribution in [2.45, 2.75) is 44.6 Å². The van der Waals surface area contributed by atoms with Gasteiger partial charge >= 0.3 is 0 Å². The molecule has 1 saturated heterocycles. The van der Waals surface area contributed by atoms with Crippen LogP contribution in [0.2, 0.25) is 0 Å². The highest BCUT2D eigenvalue weighted by molar-refractivity contribution is 5.96. The molecule has 0 bridgehead atoms. The van der Waals surface area contributed by atoms with Crippen LogP contribution in [0.15, 0.2) is 42.9 Å². The van der Waals surface area contributed by atoms with Crippen LogP contribution >= 0.6 is 0 Å². The van der Waals surface area contributed by atoms with Gasteiger partial charge in [-0.25, -0.2) is 18.7 Å². The van der Waals surface area contributed by atoms with Crippen LogP contribution in [-0.2, 0) is 7.05 Å². The third-order valence-corrected chi connectivity index (χ3v) is 6.44. The highest BCUT2D eigenvalue weighted by atomic mass is 19.3. The van der Waals surface area contributed by atoms with Crippen LogP contribution in [-0.4, -0.2) is 56.6 Å². The topological polar surface area (TPSA) is 131 Å². The van der Waals surface area contributed by atoms with Crippen molar-refractivity contribution in [3.8, 4) is 0 Å². The van der Waals surface area contributed by atoms with Gasteiger partial charge in [-0.15, -0.1) is 0 Å². The van der Waals surface area contributed by atoms with Crippen LogP contribution in [0.1, 0.15) is 59.0 Å². The summed E-state index contributed by atoms with van der Waals surface area (Å²) in [5, 5.41) is 9.50. The van der Waals surface area contributed by atoms with E-state index < -0.39 is 30.2 Å². The maximum absolute atomic E-state index is 14.8. The average molecular weight is 513 g/mol.